The van der Waals surface area contributed by atoms with E-state index in [1.165, 1.54) is 24.3 Å². The minimum Gasteiger partial charge on any atom is -0.477 e. The quantitative estimate of drug-likeness (QED) is 0.590. The Hall–Kier alpha value is -3.01. The molecule has 0 bridgehead atoms. The SMILES string of the molecule is O=C(COc1ccc(Cl)cc1[N+](=O)[O-])Nc1ccc(OC(F)(F)F)cc1. The molecule has 0 aromatic heterocycles. The molecule has 0 saturated heterocycles. The second-order valence-corrected chi connectivity index (χ2v) is 5.21. The van der Waals surface area contributed by atoms with Crippen molar-refractivity contribution in [3.63, 3.8) is 0 Å². The molecule has 1 amide bonds. The van der Waals surface area contributed by atoms with Gasteiger partial charge in [0, 0.05) is 16.8 Å². The predicted octanol–water partition coefficient (Wildman–Crippen LogP) is 4.16. The van der Waals surface area contributed by atoms with Crippen LogP contribution in [0.15, 0.2) is 42.5 Å². The summed E-state index contributed by atoms with van der Waals surface area (Å²) in [7, 11) is 0. The van der Waals surface area contributed by atoms with Gasteiger partial charge in [-0.2, -0.15) is 0 Å². The second-order valence-electron chi connectivity index (χ2n) is 4.78. The third kappa shape index (κ3) is 5.81. The van der Waals surface area contributed by atoms with E-state index in [1.807, 2.05) is 0 Å². The van der Waals surface area contributed by atoms with E-state index in [9.17, 15) is 28.1 Å². The predicted molar refractivity (Wildman–Crippen MR) is 85.4 cm³/mol. The molecular weight excluding hydrogens is 381 g/mol. The number of alkyl halides is 3. The van der Waals surface area contributed by atoms with Gasteiger partial charge in [-0.05, 0) is 36.4 Å². The van der Waals surface area contributed by atoms with Crippen LogP contribution in [0.1, 0.15) is 0 Å². The Morgan fingerprint density at radius 2 is 1.85 bits per heavy atom. The normalized spacial score (nSPS) is 10.9. The number of nitro groups is 1. The van der Waals surface area contributed by atoms with E-state index in [0.717, 1.165) is 18.2 Å². The van der Waals surface area contributed by atoms with Crippen LogP contribution < -0.4 is 14.8 Å². The lowest BCUT2D eigenvalue weighted by Crippen LogP contribution is -2.20. The van der Waals surface area contributed by atoms with Crippen molar-refractivity contribution >= 4 is 28.9 Å². The van der Waals surface area contributed by atoms with E-state index >= 15 is 0 Å². The van der Waals surface area contributed by atoms with Gasteiger partial charge in [0.25, 0.3) is 5.91 Å². The Morgan fingerprint density at radius 3 is 2.42 bits per heavy atom. The number of rotatable bonds is 6. The van der Waals surface area contributed by atoms with E-state index in [1.54, 1.807) is 0 Å². The molecule has 0 saturated carbocycles. The molecule has 0 radical (unpaired) electrons. The number of hydrogen-bond acceptors (Lipinski definition) is 5. The van der Waals surface area contributed by atoms with E-state index < -0.39 is 35.2 Å². The second kappa shape index (κ2) is 7.91. The summed E-state index contributed by atoms with van der Waals surface area (Å²) in [5.74, 6) is -1.26. The molecule has 2 rings (SSSR count). The maximum Gasteiger partial charge on any atom is 0.573 e. The number of benzene rings is 2. The number of carbonyl (C=O) groups is 1. The van der Waals surface area contributed by atoms with Gasteiger partial charge in [-0.3, -0.25) is 14.9 Å². The van der Waals surface area contributed by atoms with E-state index in [2.05, 4.69) is 10.1 Å². The van der Waals surface area contributed by atoms with Crippen LogP contribution in [-0.2, 0) is 4.79 Å². The molecule has 2 aromatic carbocycles. The Balaban J connectivity index is 1.94. The molecule has 0 fully saturated rings. The van der Waals surface area contributed by atoms with Crippen LogP contribution in [-0.4, -0.2) is 23.8 Å². The summed E-state index contributed by atoms with van der Waals surface area (Å²) in [5, 5.41) is 13.4. The van der Waals surface area contributed by atoms with Crippen molar-refractivity contribution in [1.82, 2.24) is 0 Å². The number of nitro benzene ring substituents is 1. The number of anilines is 1. The summed E-state index contributed by atoms with van der Waals surface area (Å²) in [5.41, 5.74) is -0.210. The van der Waals surface area contributed by atoms with Crippen molar-refractivity contribution in [2.75, 3.05) is 11.9 Å². The van der Waals surface area contributed by atoms with Gasteiger partial charge in [0.15, 0.2) is 12.4 Å². The number of ether oxygens (including phenoxy) is 2. The average molecular weight is 391 g/mol. The third-order valence-corrected chi connectivity index (χ3v) is 3.08. The molecule has 26 heavy (non-hydrogen) atoms. The maximum absolute atomic E-state index is 12.1. The Labute approximate surface area is 149 Å². The summed E-state index contributed by atoms with van der Waals surface area (Å²) in [6.07, 6.45) is -4.81. The smallest absolute Gasteiger partial charge is 0.477 e. The topological polar surface area (TPSA) is 90.7 Å². The molecule has 0 aliphatic rings. The fourth-order valence-corrected chi connectivity index (χ4v) is 2.00. The summed E-state index contributed by atoms with van der Waals surface area (Å²) in [4.78, 5) is 22.0. The van der Waals surface area contributed by atoms with Crippen LogP contribution in [0.25, 0.3) is 0 Å². The molecule has 11 heteroatoms. The minimum atomic E-state index is -4.81. The Morgan fingerprint density at radius 1 is 1.19 bits per heavy atom. The molecule has 0 atom stereocenters. The van der Waals surface area contributed by atoms with Gasteiger partial charge < -0.3 is 14.8 Å². The van der Waals surface area contributed by atoms with Gasteiger partial charge in [0.2, 0.25) is 0 Å². The molecule has 7 nitrogen and oxygen atoms in total. The maximum atomic E-state index is 12.1. The van der Waals surface area contributed by atoms with Crippen LogP contribution >= 0.6 is 11.6 Å². The summed E-state index contributed by atoms with van der Waals surface area (Å²) in [6, 6.07) is 8.13. The highest BCUT2D eigenvalue weighted by atomic mass is 35.5. The molecule has 138 valence electrons. The average Bonchev–Trinajstić information content (AvgIpc) is 2.54. The standard InChI is InChI=1S/C15H10ClF3N2O5/c16-9-1-6-13(12(7-9)21(23)24)25-8-14(22)20-10-2-4-11(5-3-10)26-15(17,18)19/h1-7H,8H2,(H,20,22). The lowest BCUT2D eigenvalue weighted by Gasteiger charge is -2.10. The van der Waals surface area contributed by atoms with Crippen LogP contribution in [0.3, 0.4) is 0 Å². The number of hydrogen-bond donors (Lipinski definition) is 1. The van der Waals surface area contributed by atoms with Crippen LogP contribution in [0.4, 0.5) is 24.5 Å². The number of nitrogens with one attached hydrogen (secondary N) is 1. The van der Waals surface area contributed by atoms with E-state index in [0.29, 0.717) is 0 Å². The van der Waals surface area contributed by atoms with Crippen molar-refractivity contribution < 1.29 is 32.4 Å². The van der Waals surface area contributed by atoms with Gasteiger partial charge in [0.1, 0.15) is 5.75 Å². The number of carbonyl (C=O) groups excluding carboxylic acids is 1. The first-order valence-corrected chi connectivity index (χ1v) is 7.24. The zero-order valence-electron chi connectivity index (χ0n) is 12.7. The van der Waals surface area contributed by atoms with E-state index in [-0.39, 0.29) is 16.5 Å². The zero-order chi connectivity index (χ0) is 19.3. The van der Waals surface area contributed by atoms with Gasteiger partial charge in [-0.1, -0.05) is 11.6 Å². The van der Waals surface area contributed by atoms with Gasteiger partial charge in [-0.15, -0.1) is 13.2 Å². The highest BCUT2D eigenvalue weighted by Crippen LogP contribution is 2.30. The Bertz CT molecular complexity index is 812. The van der Waals surface area contributed by atoms with Crippen LogP contribution in [0.2, 0.25) is 5.02 Å². The molecule has 0 aliphatic heterocycles. The molecule has 1 N–H and O–H groups in total. The van der Waals surface area contributed by atoms with Crippen molar-refractivity contribution in [2.24, 2.45) is 0 Å². The molecule has 2 aromatic rings. The summed E-state index contributed by atoms with van der Waals surface area (Å²) < 4.78 is 45.0. The molecule has 0 spiro atoms. The first-order valence-electron chi connectivity index (χ1n) is 6.86. The number of halogens is 4. The highest BCUT2D eigenvalue weighted by Gasteiger charge is 2.31. The molecule has 0 unspecified atom stereocenters. The Kier molecular flexibility index (Phi) is 5.88. The fourth-order valence-electron chi connectivity index (χ4n) is 1.84. The van der Waals surface area contributed by atoms with E-state index in [4.69, 9.17) is 16.3 Å². The minimum absolute atomic E-state index is 0.134. The molecular formula is C15H10ClF3N2O5. The highest BCUT2D eigenvalue weighted by molar-refractivity contribution is 6.30. The molecule has 0 aliphatic carbocycles. The van der Waals surface area contributed by atoms with Gasteiger partial charge in [-0.25, -0.2) is 0 Å². The van der Waals surface area contributed by atoms with Crippen molar-refractivity contribution in [3.8, 4) is 11.5 Å². The zero-order valence-corrected chi connectivity index (χ0v) is 13.5. The van der Waals surface area contributed by atoms with Crippen LogP contribution in [0.5, 0.6) is 11.5 Å². The molecule has 0 heterocycles. The lowest BCUT2D eigenvalue weighted by molar-refractivity contribution is -0.385. The van der Waals surface area contributed by atoms with Crippen molar-refractivity contribution in [3.05, 3.63) is 57.6 Å². The lowest BCUT2D eigenvalue weighted by atomic mass is 10.3. The number of nitrogens with zero attached hydrogens (tertiary/aromatic N) is 1. The summed E-state index contributed by atoms with van der Waals surface area (Å²) >= 11 is 5.66. The van der Waals surface area contributed by atoms with Gasteiger partial charge >= 0.3 is 12.0 Å². The monoisotopic (exact) mass is 390 g/mol. The largest absolute Gasteiger partial charge is 0.573 e. The van der Waals surface area contributed by atoms with Gasteiger partial charge in [0.05, 0.1) is 4.92 Å². The third-order valence-electron chi connectivity index (χ3n) is 2.85. The summed E-state index contributed by atoms with van der Waals surface area (Å²) in [6.45, 7) is -0.552. The first-order chi connectivity index (χ1) is 12.1. The van der Waals surface area contributed by atoms with Crippen LogP contribution in [0, 0.1) is 10.1 Å². The fraction of sp³-hybridized carbons (Fsp3) is 0.133. The van der Waals surface area contributed by atoms with Crippen molar-refractivity contribution in [1.29, 1.82) is 0 Å². The first kappa shape index (κ1) is 19.3. The number of amides is 1. The van der Waals surface area contributed by atoms with Crippen molar-refractivity contribution in [2.45, 2.75) is 6.36 Å².